The molecule has 18 heavy (non-hydrogen) atoms. The first-order valence-corrected chi connectivity index (χ1v) is 5.81. The zero-order valence-electron chi connectivity index (χ0n) is 9.87. The van der Waals surface area contributed by atoms with Crippen molar-refractivity contribution in [3.63, 3.8) is 0 Å². The Morgan fingerprint density at radius 3 is 2.61 bits per heavy atom. The number of nitrogen functional groups attached to an aromatic ring is 1. The molecule has 0 aliphatic carbocycles. The van der Waals surface area contributed by atoms with E-state index in [0.717, 1.165) is 22.6 Å². The molecule has 0 saturated carbocycles. The van der Waals surface area contributed by atoms with E-state index in [4.69, 9.17) is 22.6 Å². The van der Waals surface area contributed by atoms with Crippen LogP contribution in [0.2, 0.25) is 5.02 Å². The van der Waals surface area contributed by atoms with Crippen LogP contribution in [-0.4, -0.2) is 0 Å². The number of rotatable bonds is 2. The lowest BCUT2D eigenvalue weighted by Crippen LogP contribution is -1.95. The Balaban J connectivity index is 2.29. The summed E-state index contributed by atoms with van der Waals surface area (Å²) in [6.07, 6.45) is 0. The van der Waals surface area contributed by atoms with Crippen molar-refractivity contribution in [3.8, 4) is 6.07 Å². The number of benzene rings is 2. The molecule has 4 heteroatoms. The average Bonchev–Trinajstić information content (AvgIpc) is 2.36. The number of nitrogens with zero attached hydrogens (tertiary/aromatic N) is 1. The van der Waals surface area contributed by atoms with Gasteiger partial charge >= 0.3 is 0 Å². The highest BCUT2D eigenvalue weighted by Gasteiger charge is 2.03. The average molecular weight is 258 g/mol. The number of nitrogens with two attached hydrogens (primary N) is 1. The van der Waals surface area contributed by atoms with Crippen LogP contribution in [0.25, 0.3) is 0 Å². The predicted molar refractivity (Wildman–Crippen MR) is 75.0 cm³/mol. The van der Waals surface area contributed by atoms with Crippen LogP contribution in [0.3, 0.4) is 0 Å². The summed E-state index contributed by atoms with van der Waals surface area (Å²) in [6.45, 7) is 1.95. The Morgan fingerprint density at radius 2 is 2.00 bits per heavy atom. The highest BCUT2D eigenvalue weighted by Crippen LogP contribution is 2.27. The number of hydrogen-bond donors (Lipinski definition) is 2. The van der Waals surface area contributed by atoms with Crippen LogP contribution in [0.5, 0.6) is 0 Å². The molecule has 0 saturated heterocycles. The SMILES string of the molecule is Cc1ccc(Nc2ccc(C#N)cc2Cl)cc1N. The van der Waals surface area contributed by atoms with E-state index in [9.17, 15) is 0 Å². The van der Waals surface area contributed by atoms with Gasteiger partial charge in [0.05, 0.1) is 22.3 Å². The second-order valence-electron chi connectivity index (χ2n) is 4.00. The molecule has 0 heterocycles. The van der Waals surface area contributed by atoms with E-state index in [0.29, 0.717) is 10.6 Å². The maximum absolute atomic E-state index is 8.76. The molecule has 90 valence electrons. The highest BCUT2D eigenvalue weighted by atomic mass is 35.5. The van der Waals surface area contributed by atoms with Gasteiger partial charge in [0.1, 0.15) is 0 Å². The van der Waals surface area contributed by atoms with E-state index < -0.39 is 0 Å². The molecular formula is C14H12ClN3. The summed E-state index contributed by atoms with van der Waals surface area (Å²) in [5.74, 6) is 0. The molecule has 0 fully saturated rings. The lowest BCUT2D eigenvalue weighted by atomic mass is 10.1. The van der Waals surface area contributed by atoms with E-state index in [2.05, 4.69) is 5.32 Å². The molecular weight excluding hydrogens is 246 g/mol. The van der Waals surface area contributed by atoms with Gasteiger partial charge in [-0.05, 0) is 42.8 Å². The zero-order chi connectivity index (χ0) is 13.1. The van der Waals surface area contributed by atoms with E-state index in [1.165, 1.54) is 0 Å². The molecule has 0 amide bonds. The Labute approximate surface area is 111 Å². The molecule has 0 unspecified atom stereocenters. The quantitative estimate of drug-likeness (QED) is 0.804. The summed E-state index contributed by atoms with van der Waals surface area (Å²) < 4.78 is 0. The lowest BCUT2D eigenvalue weighted by Gasteiger charge is -2.10. The van der Waals surface area contributed by atoms with Gasteiger partial charge in [-0.25, -0.2) is 0 Å². The van der Waals surface area contributed by atoms with E-state index in [1.54, 1.807) is 18.2 Å². The monoisotopic (exact) mass is 257 g/mol. The standard InChI is InChI=1S/C14H12ClN3/c1-9-2-4-11(7-13(9)17)18-14-5-3-10(8-16)6-12(14)15/h2-7,18H,17H2,1H3. The summed E-state index contributed by atoms with van der Waals surface area (Å²) in [5, 5.41) is 12.4. The molecule has 2 aromatic carbocycles. The summed E-state index contributed by atoms with van der Waals surface area (Å²) >= 11 is 6.08. The van der Waals surface area contributed by atoms with Gasteiger partial charge in [0.25, 0.3) is 0 Å². The molecule has 0 bridgehead atoms. The van der Waals surface area contributed by atoms with Gasteiger partial charge in [-0.2, -0.15) is 5.26 Å². The molecule has 0 aromatic heterocycles. The Bertz CT molecular complexity index is 629. The molecule has 2 aromatic rings. The second kappa shape index (κ2) is 4.99. The Morgan fingerprint density at radius 1 is 1.22 bits per heavy atom. The number of hydrogen-bond acceptors (Lipinski definition) is 3. The summed E-state index contributed by atoms with van der Waals surface area (Å²) in [5.41, 5.74) is 9.75. The van der Waals surface area contributed by atoms with Crippen molar-refractivity contribution in [2.45, 2.75) is 6.92 Å². The third-order valence-electron chi connectivity index (χ3n) is 2.66. The number of nitrogens with one attached hydrogen (secondary N) is 1. The predicted octanol–water partition coefficient (Wildman–Crippen LogP) is 3.85. The third kappa shape index (κ3) is 2.55. The molecule has 0 atom stereocenters. The van der Waals surface area contributed by atoms with Crippen LogP contribution in [0.4, 0.5) is 17.1 Å². The van der Waals surface area contributed by atoms with Crippen molar-refractivity contribution in [1.29, 1.82) is 5.26 Å². The zero-order valence-corrected chi connectivity index (χ0v) is 10.6. The first kappa shape index (κ1) is 12.3. The van der Waals surface area contributed by atoms with Gasteiger partial charge in [-0.1, -0.05) is 17.7 Å². The van der Waals surface area contributed by atoms with E-state index >= 15 is 0 Å². The topological polar surface area (TPSA) is 61.8 Å². The van der Waals surface area contributed by atoms with Crippen molar-refractivity contribution in [3.05, 3.63) is 52.5 Å². The molecule has 0 radical (unpaired) electrons. The summed E-state index contributed by atoms with van der Waals surface area (Å²) in [6, 6.07) is 12.9. The van der Waals surface area contributed by atoms with Crippen LogP contribution < -0.4 is 11.1 Å². The molecule has 0 aliphatic heterocycles. The highest BCUT2D eigenvalue weighted by molar-refractivity contribution is 6.33. The van der Waals surface area contributed by atoms with Gasteiger partial charge < -0.3 is 11.1 Å². The first-order valence-electron chi connectivity index (χ1n) is 5.43. The van der Waals surface area contributed by atoms with Crippen molar-refractivity contribution in [2.24, 2.45) is 0 Å². The van der Waals surface area contributed by atoms with Gasteiger partial charge in [-0.3, -0.25) is 0 Å². The smallest absolute Gasteiger partial charge is 0.0992 e. The van der Waals surface area contributed by atoms with Crippen molar-refractivity contribution in [2.75, 3.05) is 11.1 Å². The van der Waals surface area contributed by atoms with Crippen LogP contribution >= 0.6 is 11.6 Å². The van der Waals surface area contributed by atoms with Gasteiger partial charge in [0.15, 0.2) is 0 Å². The fourth-order valence-corrected chi connectivity index (χ4v) is 1.79. The minimum Gasteiger partial charge on any atom is -0.398 e. The Kier molecular flexibility index (Phi) is 3.40. The number of aryl methyl sites for hydroxylation is 1. The van der Waals surface area contributed by atoms with Crippen molar-refractivity contribution in [1.82, 2.24) is 0 Å². The number of nitriles is 1. The van der Waals surface area contributed by atoms with Crippen molar-refractivity contribution < 1.29 is 0 Å². The lowest BCUT2D eigenvalue weighted by molar-refractivity contribution is 1.45. The van der Waals surface area contributed by atoms with Crippen LogP contribution in [0, 0.1) is 18.3 Å². The largest absolute Gasteiger partial charge is 0.398 e. The number of anilines is 3. The summed E-state index contributed by atoms with van der Waals surface area (Å²) in [4.78, 5) is 0. The van der Waals surface area contributed by atoms with Gasteiger partial charge in [-0.15, -0.1) is 0 Å². The van der Waals surface area contributed by atoms with E-state index in [1.807, 2.05) is 31.2 Å². The minimum atomic E-state index is 0.508. The normalized spacial score (nSPS) is 9.83. The van der Waals surface area contributed by atoms with E-state index in [-0.39, 0.29) is 0 Å². The fraction of sp³-hybridized carbons (Fsp3) is 0.0714. The molecule has 3 N–H and O–H groups in total. The fourth-order valence-electron chi connectivity index (χ4n) is 1.56. The van der Waals surface area contributed by atoms with Crippen LogP contribution in [-0.2, 0) is 0 Å². The van der Waals surface area contributed by atoms with Crippen molar-refractivity contribution >= 4 is 28.7 Å². The van der Waals surface area contributed by atoms with Gasteiger partial charge in [0.2, 0.25) is 0 Å². The molecule has 0 spiro atoms. The van der Waals surface area contributed by atoms with Crippen LogP contribution in [0.15, 0.2) is 36.4 Å². The first-order chi connectivity index (χ1) is 8.60. The molecule has 2 rings (SSSR count). The van der Waals surface area contributed by atoms with Gasteiger partial charge in [0, 0.05) is 11.4 Å². The second-order valence-corrected chi connectivity index (χ2v) is 4.41. The molecule has 0 aliphatic rings. The maximum atomic E-state index is 8.76. The Hall–Kier alpha value is -2.18. The summed E-state index contributed by atoms with van der Waals surface area (Å²) in [7, 11) is 0. The van der Waals surface area contributed by atoms with Crippen LogP contribution in [0.1, 0.15) is 11.1 Å². The molecule has 3 nitrogen and oxygen atoms in total. The number of halogens is 1. The maximum Gasteiger partial charge on any atom is 0.0992 e. The minimum absolute atomic E-state index is 0.508. The third-order valence-corrected chi connectivity index (χ3v) is 2.97.